The van der Waals surface area contributed by atoms with Gasteiger partial charge in [0.25, 0.3) is 0 Å². The second-order valence-corrected chi connectivity index (χ2v) is 7.67. The summed E-state index contributed by atoms with van der Waals surface area (Å²) in [6.07, 6.45) is 3.43. The van der Waals surface area contributed by atoms with E-state index in [2.05, 4.69) is 10.3 Å². The van der Waals surface area contributed by atoms with Crippen LogP contribution in [0.4, 0.5) is 8.78 Å². The lowest BCUT2D eigenvalue weighted by atomic mass is 9.87. The van der Waals surface area contributed by atoms with Gasteiger partial charge in [-0.15, -0.1) is 0 Å². The summed E-state index contributed by atoms with van der Waals surface area (Å²) in [7, 11) is 0. The molecule has 1 aliphatic carbocycles. The van der Waals surface area contributed by atoms with Crippen LogP contribution in [0.2, 0.25) is 0 Å². The number of aromatic amines is 1. The number of carbonyl (C=O) groups excluding carboxylic acids is 1. The summed E-state index contributed by atoms with van der Waals surface area (Å²) < 4.78 is 30.0. The first-order chi connectivity index (χ1) is 12.2. The Labute approximate surface area is 155 Å². The highest BCUT2D eigenvalue weighted by molar-refractivity contribution is 7.71. The Bertz CT molecular complexity index is 898. The molecule has 1 aromatic carbocycles. The Balaban J connectivity index is 1.83. The number of benzene rings is 1. The molecule has 8 heteroatoms. The van der Waals surface area contributed by atoms with Gasteiger partial charge in [0.2, 0.25) is 5.91 Å². The van der Waals surface area contributed by atoms with Crippen molar-refractivity contribution in [3.8, 4) is 0 Å². The van der Waals surface area contributed by atoms with Gasteiger partial charge in [0.1, 0.15) is 11.6 Å². The fourth-order valence-corrected chi connectivity index (χ4v) is 3.68. The Morgan fingerprint density at radius 3 is 2.88 bits per heavy atom. The number of halogens is 2. The maximum atomic E-state index is 13.9. The molecule has 4 N–H and O–H groups in total. The van der Waals surface area contributed by atoms with Gasteiger partial charge in [-0.25, -0.2) is 8.78 Å². The van der Waals surface area contributed by atoms with Gasteiger partial charge in [-0.3, -0.25) is 4.79 Å². The van der Waals surface area contributed by atoms with Gasteiger partial charge in [-0.05, 0) is 62.5 Å². The molecule has 1 aromatic heterocycles. The number of aromatic nitrogens is 2. The Hall–Kier alpha value is -2.06. The summed E-state index contributed by atoms with van der Waals surface area (Å²) in [6, 6.07) is 2.29. The number of carbonyl (C=O) groups is 1. The molecule has 1 aliphatic rings. The number of H-pyrrole nitrogens is 1. The van der Waals surface area contributed by atoms with Gasteiger partial charge in [0.05, 0.1) is 17.8 Å². The van der Waals surface area contributed by atoms with Crippen molar-refractivity contribution in [2.24, 2.45) is 5.73 Å². The van der Waals surface area contributed by atoms with Crippen LogP contribution in [0, 0.1) is 16.4 Å². The molecule has 3 rings (SSSR count). The largest absolute Gasteiger partial charge is 0.349 e. The maximum absolute atomic E-state index is 13.9. The molecule has 1 unspecified atom stereocenters. The smallest absolute Gasteiger partial charge is 0.239 e. The molecule has 5 nitrogen and oxygen atoms in total. The summed E-state index contributed by atoms with van der Waals surface area (Å²) >= 11 is 5.38. The summed E-state index contributed by atoms with van der Waals surface area (Å²) in [5.74, 6) is -1.33. The molecular formula is C18H22F2N4OS. The van der Waals surface area contributed by atoms with Crippen molar-refractivity contribution < 1.29 is 13.6 Å². The van der Waals surface area contributed by atoms with E-state index in [0.29, 0.717) is 35.2 Å². The molecule has 2 aromatic rings. The van der Waals surface area contributed by atoms with Crippen LogP contribution in [0.3, 0.4) is 0 Å². The second-order valence-electron chi connectivity index (χ2n) is 7.28. The lowest BCUT2D eigenvalue weighted by Gasteiger charge is -2.28. The number of amides is 1. The van der Waals surface area contributed by atoms with Crippen LogP contribution >= 0.6 is 12.2 Å². The van der Waals surface area contributed by atoms with Crippen molar-refractivity contribution in [1.82, 2.24) is 14.9 Å². The van der Waals surface area contributed by atoms with Crippen molar-refractivity contribution in [3.05, 3.63) is 51.6 Å². The fraction of sp³-hybridized carbons (Fsp3) is 0.444. The second kappa shape index (κ2) is 6.92. The summed E-state index contributed by atoms with van der Waals surface area (Å²) in [6.45, 7) is 3.54. The van der Waals surface area contributed by atoms with Crippen molar-refractivity contribution in [3.63, 3.8) is 0 Å². The number of nitrogens with two attached hydrogens (primary N) is 1. The van der Waals surface area contributed by atoms with Crippen LogP contribution < -0.4 is 11.1 Å². The average molecular weight is 380 g/mol. The van der Waals surface area contributed by atoms with Crippen molar-refractivity contribution >= 4 is 18.1 Å². The van der Waals surface area contributed by atoms with Crippen LogP contribution in [0.5, 0.6) is 0 Å². The molecule has 0 radical (unpaired) electrons. The molecule has 0 fully saturated rings. The van der Waals surface area contributed by atoms with Crippen molar-refractivity contribution in [2.75, 3.05) is 0 Å². The van der Waals surface area contributed by atoms with Crippen LogP contribution in [0.25, 0.3) is 0 Å². The average Bonchev–Trinajstić information content (AvgIpc) is 2.91. The summed E-state index contributed by atoms with van der Waals surface area (Å²) in [4.78, 5) is 15.0. The zero-order valence-electron chi connectivity index (χ0n) is 14.7. The Kier molecular flexibility index (Phi) is 4.98. The zero-order chi connectivity index (χ0) is 19.1. The van der Waals surface area contributed by atoms with E-state index in [0.717, 1.165) is 11.8 Å². The predicted octanol–water partition coefficient (Wildman–Crippen LogP) is 2.91. The molecule has 0 saturated heterocycles. The van der Waals surface area contributed by atoms with Crippen LogP contribution in [0.15, 0.2) is 18.3 Å². The van der Waals surface area contributed by atoms with Gasteiger partial charge in [0.15, 0.2) is 4.77 Å². The minimum atomic E-state index is -0.975. The van der Waals surface area contributed by atoms with Crippen LogP contribution in [-0.4, -0.2) is 21.0 Å². The monoisotopic (exact) mass is 380 g/mol. The molecule has 1 atom stereocenters. The molecule has 0 spiro atoms. The summed E-state index contributed by atoms with van der Waals surface area (Å²) in [5, 5.41) is 2.80. The third kappa shape index (κ3) is 3.71. The minimum Gasteiger partial charge on any atom is -0.349 e. The molecule has 0 bridgehead atoms. The van der Waals surface area contributed by atoms with E-state index in [-0.39, 0.29) is 18.5 Å². The highest BCUT2D eigenvalue weighted by Gasteiger charge is 2.26. The molecule has 1 amide bonds. The van der Waals surface area contributed by atoms with E-state index in [1.54, 1.807) is 20.0 Å². The zero-order valence-corrected chi connectivity index (χ0v) is 15.6. The van der Waals surface area contributed by atoms with Gasteiger partial charge in [0, 0.05) is 18.3 Å². The first-order valence-electron chi connectivity index (χ1n) is 8.49. The lowest BCUT2D eigenvalue weighted by molar-refractivity contribution is -0.125. The van der Waals surface area contributed by atoms with E-state index in [4.69, 9.17) is 18.0 Å². The number of nitrogens with one attached hydrogen (secondary N) is 2. The molecule has 0 aliphatic heterocycles. The molecule has 140 valence electrons. The molecule has 1 heterocycles. The number of hydrogen-bond donors (Lipinski definition) is 3. The molecular weight excluding hydrogens is 358 g/mol. The Morgan fingerprint density at radius 1 is 1.46 bits per heavy atom. The predicted molar refractivity (Wildman–Crippen MR) is 97.1 cm³/mol. The van der Waals surface area contributed by atoms with Crippen LogP contribution in [0.1, 0.15) is 43.1 Å². The highest BCUT2D eigenvalue weighted by Crippen LogP contribution is 2.32. The topological polar surface area (TPSA) is 75.8 Å². The van der Waals surface area contributed by atoms with E-state index >= 15 is 0 Å². The lowest BCUT2D eigenvalue weighted by Crippen LogP contribution is -2.48. The van der Waals surface area contributed by atoms with Crippen LogP contribution in [-0.2, 0) is 24.2 Å². The maximum Gasteiger partial charge on any atom is 0.239 e. The Morgan fingerprint density at radius 2 is 2.19 bits per heavy atom. The third-order valence-electron chi connectivity index (χ3n) is 4.71. The minimum absolute atomic E-state index is 0.0276. The van der Waals surface area contributed by atoms with Crippen molar-refractivity contribution in [2.45, 2.75) is 51.2 Å². The first kappa shape index (κ1) is 18.7. The van der Waals surface area contributed by atoms with E-state index in [9.17, 15) is 13.6 Å². The SMILES string of the molecule is CC(C)(N)C(=O)NCc1c[nH]c(=S)n1C1CCc2c(F)cc(F)cc2C1. The number of hydrogen-bond acceptors (Lipinski definition) is 3. The number of rotatable bonds is 4. The number of fused-ring (bicyclic) bond motifs is 1. The standard InChI is InChI=1S/C18H22F2N4OS/c1-18(2,21)16(25)22-8-13-9-23-17(26)24(13)12-3-4-14-10(6-12)5-11(19)7-15(14)20/h5,7,9,12H,3-4,6,8,21H2,1-2H3,(H,22,25)(H,23,26). The number of imidazole rings is 1. The van der Waals surface area contributed by atoms with Gasteiger partial charge < -0.3 is 20.6 Å². The normalized spacial score (nSPS) is 17.0. The van der Waals surface area contributed by atoms with Gasteiger partial charge in [-0.2, -0.15) is 0 Å². The van der Waals surface area contributed by atoms with E-state index in [1.165, 1.54) is 6.07 Å². The van der Waals surface area contributed by atoms with Gasteiger partial charge in [-0.1, -0.05) is 0 Å². The summed E-state index contributed by atoms with van der Waals surface area (Å²) in [5.41, 5.74) is 6.86. The van der Waals surface area contributed by atoms with E-state index < -0.39 is 17.2 Å². The fourth-order valence-electron chi connectivity index (χ4n) is 3.36. The van der Waals surface area contributed by atoms with E-state index in [1.807, 2.05) is 4.57 Å². The quantitative estimate of drug-likeness (QED) is 0.714. The van der Waals surface area contributed by atoms with Crippen molar-refractivity contribution in [1.29, 1.82) is 0 Å². The highest BCUT2D eigenvalue weighted by atomic mass is 32.1. The molecule has 26 heavy (non-hydrogen) atoms. The number of nitrogens with zero attached hydrogens (tertiary/aromatic N) is 1. The van der Waals surface area contributed by atoms with Gasteiger partial charge >= 0.3 is 0 Å². The first-order valence-corrected chi connectivity index (χ1v) is 8.90. The third-order valence-corrected chi connectivity index (χ3v) is 5.02. The molecule has 0 saturated carbocycles.